The van der Waals surface area contributed by atoms with E-state index in [1.165, 1.54) is 137 Å². The van der Waals surface area contributed by atoms with E-state index in [9.17, 15) is 47.9 Å². The van der Waals surface area contributed by atoms with E-state index < -0.39 is 134 Å². The molecule has 36 heteroatoms. The van der Waals surface area contributed by atoms with Gasteiger partial charge in [0.05, 0.1) is 53.3 Å². The zero-order valence-electron chi connectivity index (χ0n) is 83.6. The Kier molecular flexibility index (Phi) is 63.7. The van der Waals surface area contributed by atoms with Gasteiger partial charge >= 0.3 is 23.9 Å². The molecular formula is C103H159N17O19. The third-order valence-corrected chi connectivity index (χ3v) is 23.0. The van der Waals surface area contributed by atoms with Gasteiger partial charge in [-0.05, 0) is 113 Å². The van der Waals surface area contributed by atoms with Crippen molar-refractivity contribution in [2.24, 2.45) is 31.9 Å². The molecule has 0 aliphatic heterocycles. The normalized spacial score (nSPS) is 12.1. The number of hydrogen-bond acceptors (Lipinski definition) is 25. The fourth-order valence-corrected chi connectivity index (χ4v) is 15.1. The van der Waals surface area contributed by atoms with Crippen molar-refractivity contribution in [1.82, 2.24) is 48.3 Å². The molecule has 36 nitrogen and oxygen atoms in total. The first-order valence-corrected chi connectivity index (χ1v) is 50.3. The van der Waals surface area contributed by atoms with Gasteiger partial charge in [-0.3, -0.25) is 63.6 Å². The van der Waals surface area contributed by atoms with Gasteiger partial charge in [0.15, 0.2) is 57.9 Å². The Bertz CT molecular complexity index is 4490. The number of hydrogen-bond donors (Lipinski definition) is 13. The molecule has 0 radical (unpaired) electrons. The molecule has 0 aliphatic carbocycles. The van der Waals surface area contributed by atoms with Gasteiger partial charge in [0.25, 0.3) is 11.8 Å². The average Bonchev–Trinajstić information content (AvgIpc) is 0.851. The van der Waals surface area contributed by atoms with Crippen LogP contribution in [0.5, 0.6) is 46.0 Å². The number of amides is 7. The zero-order chi connectivity index (χ0) is 101. The minimum Gasteiger partial charge on any atom is -0.493 e. The number of nitrogens with one attached hydrogen (secondary N) is 11. The van der Waals surface area contributed by atoms with Crippen LogP contribution >= 0.6 is 0 Å². The monoisotopic (exact) mass is 1940 g/mol. The number of guanidine groups is 2. The van der Waals surface area contributed by atoms with Gasteiger partial charge in [0, 0.05) is 73.7 Å². The summed E-state index contributed by atoms with van der Waals surface area (Å²) in [6.07, 6.45) is 40.2. The lowest BCUT2D eigenvalue weighted by atomic mass is 10.0. The van der Waals surface area contributed by atoms with E-state index in [1.807, 2.05) is 0 Å². The van der Waals surface area contributed by atoms with Crippen molar-refractivity contribution in [1.29, 1.82) is 10.8 Å². The van der Waals surface area contributed by atoms with Crippen molar-refractivity contribution in [3.63, 3.8) is 0 Å². The van der Waals surface area contributed by atoms with Gasteiger partial charge < -0.3 is 75.9 Å². The van der Waals surface area contributed by atoms with Gasteiger partial charge in [-0.1, -0.05) is 257 Å². The van der Waals surface area contributed by atoms with Gasteiger partial charge in [-0.2, -0.15) is 20.4 Å². The Labute approximate surface area is 822 Å². The van der Waals surface area contributed by atoms with Crippen LogP contribution in [0.4, 0.5) is 0 Å². The van der Waals surface area contributed by atoms with Crippen LogP contribution in [-0.4, -0.2) is 161 Å². The average molecular weight is 1940 g/mol. The summed E-state index contributed by atoms with van der Waals surface area (Å²) in [5, 5.41) is 45.6. The number of esters is 4. The van der Waals surface area contributed by atoms with Crippen LogP contribution in [0.3, 0.4) is 0 Å². The van der Waals surface area contributed by atoms with Crippen molar-refractivity contribution >= 4 is 102 Å². The molecule has 4 atom stereocenters. The standard InChI is InChI=1S/C103H159N17O19/c1-9-13-17-21-25-29-33-37-41-60-90(124)136-94-75(51-47-56-83(94)132-5)71-109-117-88(122)68-65-81(100(130)119-111-73-77-53-49-58-85(134-7)96(77)138-92(126)62-43-39-35-31-27-23-19-15-11-3)113-87(121)67-64-80(114-98(128)79(116-103(106)107)55-45-46-70-108-102(104)105)99(129)115-82(101(131)120-112-74-78-54-50-59-86(135-8)97(78)139-93(127)63-44-40-36-32-28-24-20-16-12-4)66-69-89(123)118-110-72-76-52-48-57-84(133-6)95(76)137-91(125)61-42-38-34-30-26-22-18-14-10-2/h47-54,56-59,71-74,79-82H,9-46,55,60-70H2,1-8H3,(H,113,121)(H,114,128)(H,115,129)(H,117,122)(H,118,123)(H,119,130)(H,120,131)(H4,104,105,108)(H4,106,107,116)/b109-71+,110-72+,111-73+,112-74+/t79-,80-,81-,82-/m0/s1. The van der Waals surface area contributed by atoms with E-state index in [0.717, 1.165) is 122 Å². The molecule has 0 saturated carbocycles. The Morgan fingerprint density at radius 2 is 0.540 bits per heavy atom. The Morgan fingerprint density at radius 3 is 0.813 bits per heavy atom. The molecule has 0 unspecified atom stereocenters. The van der Waals surface area contributed by atoms with Crippen molar-refractivity contribution < 1.29 is 90.6 Å². The number of hydrazone groups is 4. The maximum atomic E-state index is 15.3. The molecule has 0 heterocycles. The number of methoxy groups -OCH3 is 4. The van der Waals surface area contributed by atoms with E-state index in [1.54, 1.807) is 72.8 Å². The number of nitrogens with two attached hydrogens (primary N) is 2. The van der Waals surface area contributed by atoms with Crippen molar-refractivity contribution in [3.8, 4) is 46.0 Å². The maximum absolute atomic E-state index is 15.3. The summed E-state index contributed by atoms with van der Waals surface area (Å²) in [6.45, 7) is 8.93. The second-order valence-electron chi connectivity index (χ2n) is 34.6. The Morgan fingerprint density at radius 1 is 0.288 bits per heavy atom. The zero-order valence-corrected chi connectivity index (χ0v) is 83.6. The topological polar surface area (TPSA) is 519 Å². The van der Waals surface area contributed by atoms with Crippen LogP contribution in [0.15, 0.2) is 93.2 Å². The smallest absolute Gasteiger partial charge is 0.311 e. The highest BCUT2D eigenvalue weighted by molar-refractivity contribution is 5.97. The number of ether oxygens (including phenoxy) is 8. The largest absolute Gasteiger partial charge is 0.493 e. The Hall–Kier alpha value is -12.5. The summed E-state index contributed by atoms with van der Waals surface area (Å²) < 4.78 is 45.7. The van der Waals surface area contributed by atoms with Crippen LogP contribution in [0.2, 0.25) is 0 Å². The third kappa shape index (κ3) is 52.7. The fraction of sp³-hybridized carbons (Fsp3) is 0.602. The number of nitrogens with zero attached hydrogens (tertiary/aromatic N) is 4. The van der Waals surface area contributed by atoms with Gasteiger partial charge in [0.1, 0.15) is 24.2 Å². The molecule has 4 aromatic rings. The van der Waals surface area contributed by atoms with E-state index in [4.69, 9.17) is 60.2 Å². The molecule has 139 heavy (non-hydrogen) atoms. The van der Waals surface area contributed by atoms with Crippen LogP contribution in [-0.2, 0) is 52.7 Å². The lowest BCUT2D eigenvalue weighted by Gasteiger charge is -2.25. The molecule has 770 valence electrons. The minimum atomic E-state index is -1.78. The summed E-state index contributed by atoms with van der Waals surface area (Å²) in [5.74, 6) is -8.56. The van der Waals surface area contributed by atoms with Gasteiger partial charge in [-0.25, -0.2) is 21.7 Å². The molecular weight excluding hydrogens is 1780 g/mol. The lowest BCUT2D eigenvalue weighted by molar-refractivity contribution is -0.135. The summed E-state index contributed by atoms with van der Waals surface area (Å²) >= 11 is 0. The molecule has 0 fully saturated rings. The first kappa shape index (κ1) is 119. The summed E-state index contributed by atoms with van der Waals surface area (Å²) in [4.78, 5) is 155. The number of carbonyl (C=O) groups is 11. The second-order valence-corrected chi connectivity index (χ2v) is 34.6. The summed E-state index contributed by atoms with van der Waals surface area (Å²) in [7, 11) is 5.59. The molecule has 0 bridgehead atoms. The third-order valence-electron chi connectivity index (χ3n) is 23.0. The lowest BCUT2D eigenvalue weighted by Crippen LogP contribution is -2.57. The molecule has 7 amide bonds. The Balaban J connectivity index is 1.76. The van der Waals surface area contributed by atoms with E-state index in [-0.39, 0.29) is 119 Å². The summed E-state index contributed by atoms with van der Waals surface area (Å²) in [6, 6.07) is 12.7. The van der Waals surface area contributed by atoms with E-state index >= 15 is 4.79 Å². The fourth-order valence-electron chi connectivity index (χ4n) is 15.1. The highest BCUT2D eigenvalue weighted by Crippen LogP contribution is 2.35. The van der Waals surface area contributed by atoms with E-state index in [2.05, 4.69) is 96.4 Å². The SMILES string of the molecule is CCCCCCCCCCCC(=O)Oc1c(/C=N/NC(=O)CC[C@H](NC(=O)CC[C@H](NC(=O)[C@H](CCCCNC(=N)N)NC(=N)N)C(=O)N[C@@H](CCC(=O)N/N=C/c2cccc(OC)c2OC(=O)CCCCCCCCCCC)C(=O)N/N=C/c2cccc(OC)c2OC(=O)CCCCCCCCCCC)C(=O)N/N=C/c2cccc(OC)c2OC(=O)CCCCCCCCCCC)cccc1OC. The predicted molar refractivity (Wildman–Crippen MR) is 541 cm³/mol. The molecule has 0 aliphatic rings. The minimum absolute atomic E-state index is 0.00192. The highest BCUT2D eigenvalue weighted by Gasteiger charge is 2.32. The molecule has 4 aromatic carbocycles. The predicted octanol–water partition coefficient (Wildman–Crippen LogP) is 16.2. The van der Waals surface area contributed by atoms with Crippen LogP contribution in [0.1, 0.15) is 365 Å². The maximum Gasteiger partial charge on any atom is 0.311 e. The summed E-state index contributed by atoms with van der Waals surface area (Å²) in [5.41, 5.74) is 22.0. The number of unbranched alkanes of at least 4 members (excludes halogenated alkanes) is 33. The van der Waals surface area contributed by atoms with Crippen LogP contribution in [0, 0.1) is 10.8 Å². The quantitative estimate of drug-likeness (QED) is 0.00487. The number of rotatable bonds is 78. The number of benzene rings is 4. The molecule has 15 N–H and O–H groups in total. The second kappa shape index (κ2) is 74.6. The van der Waals surface area contributed by atoms with Gasteiger partial charge in [-0.15, -0.1) is 0 Å². The van der Waals surface area contributed by atoms with Crippen molar-refractivity contribution in [3.05, 3.63) is 95.1 Å². The number of para-hydroxylation sites is 4. The highest BCUT2D eigenvalue weighted by atomic mass is 16.6. The van der Waals surface area contributed by atoms with Crippen molar-refractivity contribution in [2.75, 3.05) is 35.0 Å². The molecule has 4 rings (SSSR count). The molecule has 0 aromatic heterocycles. The van der Waals surface area contributed by atoms with Gasteiger partial charge in [0.2, 0.25) is 29.5 Å². The van der Waals surface area contributed by atoms with Crippen molar-refractivity contribution in [2.45, 2.75) is 366 Å². The molecule has 0 saturated heterocycles. The molecule has 0 spiro atoms. The first-order chi connectivity index (χ1) is 67.4. The van der Waals surface area contributed by atoms with E-state index in [0.29, 0.717) is 32.1 Å². The van der Waals surface area contributed by atoms with Crippen LogP contribution in [0.25, 0.3) is 0 Å². The van der Waals surface area contributed by atoms with Crippen LogP contribution < -0.4 is 97.6 Å². The first-order valence-electron chi connectivity index (χ1n) is 50.3. The number of carbonyl (C=O) groups excluding carboxylic acids is 11.